The van der Waals surface area contributed by atoms with Crippen LogP contribution in [0, 0.1) is 11.8 Å². The van der Waals surface area contributed by atoms with Gasteiger partial charge in [0.05, 0.1) is 0 Å². The smallest absolute Gasteiger partial charge is 0.289 e. The van der Waals surface area contributed by atoms with Gasteiger partial charge in [-0.15, -0.1) is 10.2 Å². The van der Waals surface area contributed by atoms with Crippen molar-refractivity contribution < 1.29 is 9.59 Å². The zero-order valence-electron chi connectivity index (χ0n) is 15.2. The van der Waals surface area contributed by atoms with Crippen molar-refractivity contribution in [2.75, 3.05) is 13.1 Å². The molecule has 0 radical (unpaired) electrons. The first-order valence-corrected chi connectivity index (χ1v) is 8.94. The van der Waals surface area contributed by atoms with Crippen molar-refractivity contribution in [2.45, 2.75) is 32.9 Å². The van der Waals surface area contributed by atoms with Crippen molar-refractivity contribution in [3.63, 3.8) is 0 Å². The molecule has 0 bridgehead atoms. The van der Waals surface area contributed by atoms with Crippen LogP contribution in [0.25, 0.3) is 0 Å². The Labute approximate surface area is 151 Å². The molecule has 2 aliphatic rings. The SMILES string of the molecule is CC(C)NC(=O)c1nnc2n1C[C@@H]1CN(C(=O)c3ccnn3C)C[C@@H]1C2. The standard InChI is InChI=1S/C17H23N7O2/c1-10(2)19-16(25)15-21-20-14-6-11-7-23(8-12(11)9-24(14)15)17(26)13-4-5-18-22(13)3/h4-5,10-12H,6-9H2,1-3H3,(H,19,25)/t11-,12-/m0/s1. The Kier molecular flexibility index (Phi) is 4.01. The molecule has 2 aromatic heterocycles. The predicted octanol–water partition coefficient (Wildman–Crippen LogP) is 0.0943. The van der Waals surface area contributed by atoms with E-state index in [0.717, 1.165) is 12.2 Å². The summed E-state index contributed by atoms with van der Waals surface area (Å²) in [6.07, 6.45) is 2.37. The highest BCUT2D eigenvalue weighted by Crippen LogP contribution is 2.33. The van der Waals surface area contributed by atoms with Gasteiger partial charge in [-0.2, -0.15) is 5.10 Å². The lowest BCUT2D eigenvalue weighted by atomic mass is 9.89. The van der Waals surface area contributed by atoms with Crippen LogP contribution >= 0.6 is 0 Å². The number of nitrogens with zero attached hydrogens (tertiary/aromatic N) is 6. The molecule has 1 fully saturated rings. The number of hydrogen-bond acceptors (Lipinski definition) is 5. The van der Waals surface area contributed by atoms with E-state index in [1.165, 1.54) is 0 Å². The predicted molar refractivity (Wildman–Crippen MR) is 92.4 cm³/mol. The summed E-state index contributed by atoms with van der Waals surface area (Å²) in [6, 6.07) is 1.79. The highest BCUT2D eigenvalue weighted by atomic mass is 16.2. The maximum absolute atomic E-state index is 12.7. The van der Waals surface area contributed by atoms with E-state index in [9.17, 15) is 9.59 Å². The van der Waals surface area contributed by atoms with Gasteiger partial charge in [0.15, 0.2) is 0 Å². The van der Waals surface area contributed by atoms with E-state index >= 15 is 0 Å². The third kappa shape index (κ3) is 2.77. The number of likely N-dealkylation sites (tertiary alicyclic amines) is 1. The molecule has 9 heteroatoms. The molecule has 26 heavy (non-hydrogen) atoms. The van der Waals surface area contributed by atoms with E-state index in [-0.39, 0.29) is 17.9 Å². The summed E-state index contributed by atoms with van der Waals surface area (Å²) in [5, 5.41) is 15.3. The molecular formula is C17H23N7O2. The van der Waals surface area contributed by atoms with Crippen LogP contribution < -0.4 is 5.32 Å². The molecule has 2 atom stereocenters. The molecule has 0 saturated carbocycles. The maximum Gasteiger partial charge on any atom is 0.289 e. The summed E-state index contributed by atoms with van der Waals surface area (Å²) in [7, 11) is 1.78. The van der Waals surface area contributed by atoms with Crippen LogP contribution in [0.1, 0.15) is 40.8 Å². The highest BCUT2D eigenvalue weighted by Gasteiger charge is 2.41. The fourth-order valence-corrected chi connectivity index (χ4v) is 3.93. The second kappa shape index (κ2) is 6.22. The third-order valence-electron chi connectivity index (χ3n) is 5.22. The molecule has 138 valence electrons. The minimum absolute atomic E-state index is 0.00735. The van der Waals surface area contributed by atoms with Gasteiger partial charge in [0.1, 0.15) is 11.5 Å². The summed E-state index contributed by atoms with van der Waals surface area (Å²) in [4.78, 5) is 27.0. The van der Waals surface area contributed by atoms with Gasteiger partial charge in [-0.3, -0.25) is 14.3 Å². The summed E-state index contributed by atoms with van der Waals surface area (Å²) < 4.78 is 3.52. The molecule has 4 rings (SSSR count). The van der Waals surface area contributed by atoms with E-state index in [1.807, 2.05) is 23.3 Å². The van der Waals surface area contributed by atoms with Crippen LogP contribution in [0.15, 0.2) is 12.3 Å². The minimum Gasteiger partial charge on any atom is -0.347 e. The Morgan fingerprint density at radius 2 is 1.96 bits per heavy atom. The van der Waals surface area contributed by atoms with E-state index in [4.69, 9.17) is 0 Å². The number of nitrogens with one attached hydrogen (secondary N) is 1. The summed E-state index contributed by atoms with van der Waals surface area (Å²) in [6.45, 7) is 5.89. The van der Waals surface area contributed by atoms with Crippen molar-refractivity contribution in [1.29, 1.82) is 0 Å². The van der Waals surface area contributed by atoms with Crippen LogP contribution in [0.4, 0.5) is 0 Å². The highest BCUT2D eigenvalue weighted by molar-refractivity contribution is 5.92. The van der Waals surface area contributed by atoms with Gasteiger partial charge in [0.2, 0.25) is 5.82 Å². The van der Waals surface area contributed by atoms with E-state index in [1.54, 1.807) is 24.0 Å². The molecule has 1 saturated heterocycles. The van der Waals surface area contributed by atoms with Crippen molar-refractivity contribution in [3.8, 4) is 0 Å². The average molecular weight is 357 g/mol. The molecule has 2 aromatic rings. The minimum atomic E-state index is -0.196. The summed E-state index contributed by atoms with van der Waals surface area (Å²) in [5.74, 6) is 1.66. The Hall–Kier alpha value is -2.71. The van der Waals surface area contributed by atoms with E-state index < -0.39 is 0 Å². The van der Waals surface area contributed by atoms with Gasteiger partial charge < -0.3 is 14.8 Å². The maximum atomic E-state index is 12.7. The van der Waals surface area contributed by atoms with Crippen LogP contribution in [0.2, 0.25) is 0 Å². The van der Waals surface area contributed by atoms with Gasteiger partial charge >= 0.3 is 0 Å². The normalized spacial score (nSPS) is 21.6. The fourth-order valence-electron chi connectivity index (χ4n) is 3.93. The zero-order valence-corrected chi connectivity index (χ0v) is 15.2. The first-order chi connectivity index (χ1) is 12.4. The quantitative estimate of drug-likeness (QED) is 0.840. The first-order valence-electron chi connectivity index (χ1n) is 8.94. The van der Waals surface area contributed by atoms with Gasteiger partial charge in [-0.25, -0.2) is 0 Å². The Morgan fingerprint density at radius 3 is 2.65 bits per heavy atom. The zero-order chi connectivity index (χ0) is 18.4. The van der Waals surface area contributed by atoms with Gasteiger partial charge in [0, 0.05) is 45.3 Å². The molecule has 0 aliphatic carbocycles. The lowest BCUT2D eigenvalue weighted by Crippen LogP contribution is -2.35. The van der Waals surface area contributed by atoms with E-state index in [2.05, 4.69) is 20.6 Å². The molecule has 0 spiro atoms. The Morgan fingerprint density at radius 1 is 1.19 bits per heavy atom. The monoisotopic (exact) mass is 357 g/mol. The molecule has 2 amide bonds. The van der Waals surface area contributed by atoms with Crippen LogP contribution in [0.3, 0.4) is 0 Å². The number of carbonyl (C=O) groups excluding carboxylic acids is 2. The Balaban J connectivity index is 1.50. The number of aryl methyl sites for hydroxylation is 1. The van der Waals surface area contributed by atoms with Crippen molar-refractivity contribution in [1.82, 2.24) is 34.8 Å². The van der Waals surface area contributed by atoms with E-state index in [0.29, 0.717) is 43.0 Å². The number of fused-ring (bicyclic) bond motifs is 2. The van der Waals surface area contributed by atoms with Crippen LogP contribution in [0.5, 0.6) is 0 Å². The third-order valence-corrected chi connectivity index (χ3v) is 5.22. The first kappa shape index (κ1) is 16.7. The molecule has 2 aliphatic heterocycles. The number of rotatable bonds is 3. The van der Waals surface area contributed by atoms with Crippen molar-refractivity contribution in [2.24, 2.45) is 18.9 Å². The second-order valence-corrected chi connectivity index (χ2v) is 7.45. The number of aromatic nitrogens is 5. The molecule has 0 unspecified atom stereocenters. The summed E-state index contributed by atoms with van der Waals surface area (Å²) >= 11 is 0. The summed E-state index contributed by atoms with van der Waals surface area (Å²) in [5.41, 5.74) is 0.597. The molecule has 1 N–H and O–H groups in total. The number of amides is 2. The lowest BCUT2D eigenvalue weighted by Gasteiger charge is -2.25. The fraction of sp³-hybridized carbons (Fsp3) is 0.588. The second-order valence-electron chi connectivity index (χ2n) is 7.45. The topological polar surface area (TPSA) is 97.9 Å². The largest absolute Gasteiger partial charge is 0.347 e. The van der Waals surface area contributed by atoms with Gasteiger partial charge in [-0.05, 0) is 31.7 Å². The Bertz CT molecular complexity index is 853. The van der Waals surface area contributed by atoms with Gasteiger partial charge in [-0.1, -0.05) is 0 Å². The average Bonchev–Trinajstić information content (AvgIpc) is 3.28. The number of carbonyl (C=O) groups is 2. The molecule has 9 nitrogen and oxygen atoms in total. The molecular weight excluding hydrogens is 334 g/mol. The van der Waals surface area contributed by atoms with Crippen molar-refractivity contribution >= 4 is 11.8 Å². The molecule has 4 heterocycles. The van der Waals surface area contributed by atoms with Crippen LogP contribution in [-0.2, 0) is 20.0 Å². The lowest BCUT2D eigenvalue weighted by molar-refractivity contribution is 0.0772. The molecule has 0 aromatic carbocycles. The van der Waals surface area contributed by atoms with Crippen molar-refractivity contribution in [3.05, 3.63) is 29.6 Å². The number of hydrogen-bond donors (Lipinski definition) is 1. The van der Waals surface area contributed by atoms with Gasteiger partial charge in [0.25, 0.3) is 11.8 Å². The van der Waals surface area contributed by atoms with Crippen LogP contribution in [-0.4, -0.2) is 60.4 Å².